The molecule has 0 aromatic carbocycles. The molecule has 18 heavy (non-hydrogen) atoms. The van der Waals surface area contributed by atoms with Gasteiger partial charge in [-0.05, 0) is 58.7 Å². The second-order valence-electron chi connectivity index (χ2n) is 6.04. The molecule has 2 aliphatic rings. The van der Waals surface area contributed by atoms with Crippen LogP contribution in [0.5, 0.6) is 0 Å². The van der Waals surface area contributed by atoms with E-state index < -0.39 is 0 Å². The number of rotatable bonds is 7. The van der Waals surface area contributed by atoms with Crippen LogP contribution in [0.1, 0.15) is 51.4 Å². The summed E-state index contributed by atoms with van der Waals surface area (Å²) in [7, 11) is 2.23. The minimum Gasteiger partial charge on any atom is -0.377 e. The Morgan fingerprint density at radius 3 is 2.61 bits per heavy atom. The third-order valence-electron chi connectivity index (χ3n) is 4.29. The molecular formula is C15H30N2O. The van der Waals surface area contributed by atoms with Crippen molar-refractivity contribution in [2.24, 2.45) is 0 Å². The summed E-state index contributed by atoms with van der Waals surface area (Å²) >= 11 is 0. The van der Waals surface area contributed by atoms with Crippen LogP contribution >= 0.6 is 0 Å². The Hall–Kier alpha value is -0.120. The highest BCUT2D eigenvalue weighted by atomic mass is 16.5. The van der Waals surface area contributed by atoms with Gasteiger partial charge in [0.2, 0.25) is 0 Å². The summed E-state index contributed by atoms with van der Waals surface area (Å²) in [6, 6.07) is 0.817. The van der Waals surface area contributed by atoms with Crippen molar-refractivity contribution in [2.75, 3.05) is 33.3 Å². The summed E-state index contributed by atoms with van der Waals surface area (Å²) < 4.78 is 5.78. The summed E-state index contributed by atoms with van der Waals surface area (Å²) in [6.07, 6.45) is 11.3. The zero-order chi connectivity index (χ0) is 12.6. The second-order valence-corrected chi connectivity index (χ2v) is 6.04. The van der Waals surface area contributed by atoms with Gasteiger partial charge in [0.1, 0.15) is 0 Å². The lowest BCUT2D eigenvalue weighted by atomic mass is 10.1. The van der Waals surface area contributed by atoms with Crippen LogP contribution in [0.2, 0.25) is 0 Å². The molecule has 1 atom stereocenters. The fourth-order valence-electron chi connectivity index (χ4n) is 3.18. The number of ether oxygens (including phenoxy) is 1. The van der Waals surface area contributed by atoms with Gasteiger partial charge in [-0.2, -0.15) is 0 Å². The van der Waals surface area contributed by atoms with Crippen molar-refractivity contribution in [1.82, 2.24) is 10.2 Å². The zero-order valence-electron chi connectivity index (χ0n) is 12.0. The van der Waals surface area contributed by atoms with Crippen molar-refractivity contribution in [2.45, 2.75) is 63.5 Å². The van der Waals surface area contributed by atoms with Crippen molar-refractivity contribution in [3.8, 4) is 0 Å². The molecule has 0 aromatic heterocycles. The molecule has 1 heterocycles. The van der Waals surface area contributed by atoms with Crippen LogP contribution in [0.4, 0.5) is 0 Å². The third kappa shape index (κ3) is 5.25. The summed E-state index contributed by atoms with van der Waals surface area (Å²) in [5.41, 5.74) is 0. The fraction of sp³-hybridized carbons (Fsp3) is 1.00. The molecule has 0 amide bonds. The van der Waals surface area contributed by atoms with E-state index in [-0.39, 0.29) is 0 Å². The average molecular weight is 254 g/mol. The molecule has 3 heteroatoms. The minimum atomic E-state index is 0.492. The standard InChI is InChI=1S/C15H30N2O/c1-17(13-15-9-4-5-12-18-15)11-6-10-16-14-7-2-3-8-14/h14-16H,2-13H2,1H3. The Kier molecular flexibility index (Phi) is 6.46. The van der Waals surface area contributed by atoms with Gasteiger partial charge in [-0.1, -0.05) is 12.8 Å². The Bertz CT molecular complexity index is 211. The van der Waals surface area contributed by atoms with E-state index in [9.17, 15) is 0 Å². The van der Waals surface area contributed by atoms with Crippen molar-refractivity contribution in [3.63, 3.8) is 0 Å². The van der Waals surface area contributed by atoms with Crippen LogP contribution < -0.4 is 5.32 Å². The van der Waals surface area contributed by atoms with Crippen molar-refractivity contribution < 1.29 is 4.74 Å². The van der Waals surface area contributed by atoms with Gasteiger partial charge in [-0.3, -0.25) is 0 Å². The molecule has 1 unspecified atom stereocenters. The van der Waals surface area contributed by atoms with E-state index in [1.165, 1.54) is 64.5 Å². The maximum absolute atomic E-state index is 5.78. The van der Waals surface area contributed by atoms with Gasteiger partial charge < -0.3 is 15.0 Å². The summed E-state index contributed by atoms with van der Waals surface area (Å²) in [5, 5.41) is 3.68. The lowest BCUT2D eigenvalue weighted by Crippen LogP contribution is -2.35. The van der Waals surface area contributed by atoms with Gasteiger partial charge in [0.25, 0.3) is 0 Å². The third-order valence-corrected chi connectivity index (χ3v) is 4.29. The van der Waals surface area contributed by atoms with Gasteiger partial charge in [0, 0.05) is 19.2 Å². The molecule has 1 aliphatic heterocycles. The van der Waals surface area contributed by atoms with Crippen molar-refractivity contribution >= 4 is 0 Å². The Balaban J connectivity index is 1.47. The van der Waals surface area contributed by atoms with E-state index in [4.69, 9.17) is 4.74 Å². The zero-order valence-corrected chi connectivity index (χ0v) is 12.0. The molecule has 2 fully saturated rings. The average Bonchev–Trinajstić information content (AvgIpc) is 2.89. The monoisotopic (exact) mass is 254 g/mol. The quantitative estimate of drug-likeness (QED) is 0.706. The van der Waals surface area contributed by atoms with Gasteiger partial charge in [0.15, 0.2) is 0 Å². The highest BCUT2D eigenvalue weighted by molar-refractivity contribution is 4.73. The molecule has 1 saturated carbocycles. The smallest absolute Gasteiger partial charge is 0.0701 e. The van der Waals surface area contributed by atoms with Crippen LogP contribution in [0, 0.1) is 0 Å². The van der Waals surface area contributed by atoms with Crippen LogP contribution in [0.15, 0.2) is 0 Å². The predicted molar refractivity (Wildman–Crippen MR) is 76.0 cm³/mol. The predicted octanol–water partition coefficient (Wildman–Crippen LogP) is 2.41. The number of nitrogens with zero attached hydrogens (tertiary/aromatic N) is 1. The first-order valence-electron chi connectivity index (χ1n) is 7.88. The van der Waals surface area contributed by atoms with E-state index in [1.54, 1.807) is 0 Å². The molecule has 1 aliphatic carbocycles. The van der Waals surface area contributed by atoms with E-state index in [1.807, 2.05) is 0 Å². The van der Waals surface area contributed by atoms with E-state index in [2.05, 4.69) is 17.3 Å². The molecule has 1 saturated heterocycles. The lowest BCUT2D eigenvalue weighted by molar-refractivity contribution is -0.00153. The van der Waals surface area contributed by atoms with Crippen molar-refractivity contribution in [3.05, 3.63) is 0 Å². The Morgan fingerprint density at radius 2 is 1.89 bits per heavy atom. The minimum absolute atomic E-state index is 0.492. The molecule has 3 nitrogen and oxygen atoms in total. The van der Waals surface area contributed by atoms with Gasteiger partial charge >= 0.3 is 0 Å². The molecule has 0 spiro atoms. The normalized spacial score (nSPS) is 26.0. The highest BCUT2D eigenvalue weighted by Gasteiger charge is 2.16. The van der Waals surface area contributed by atoms with E-state index in [0.717, 1.165) is 19.2 Å². The fourth-order valence-corrected chi connectivity index (χ4v) is 3.18. The number of hydrogen-bond donors (Lipinski definition) is 1. The van der Waals surface area contributed by atoms with Gasteiger partial charge in [-0.15, -0.1) is 0 Å². The molecular weight excluding hydrogens is 224 g/mol. The Morgan fingerprint density at radius 1 is 1.11 bits per heavy atom. The molecule has 1 N–H and O–H groups in total. The first-order valence-corrected chi connectivity index (χ1v) is 7.88. The van der Waals surface area contributed by atoms with Gasteiger partial charge in [-0.25, -0.2) is 0 Å². The van der Waals surface area contributed by atoms with Crippen LogP contribution in [-0.4, -0.2) is 50.3 Å². The van der Waals surface area contributed by atoms with E-state index in [0.29, 0.717) is 6.10 Å². The topological polar surface area (TPSA) is 24.5 Å². The van der Waals surface area contributed by atoms with Crippen LogP contribution in [0.3, 0.4) is 0 Å². The summed E-state index contributed by atoms with van der Waals surface area (Å²) in [6.45, 7) is 4.46. The summed E-state index contributed by atoms with van der Waals surface area (Å²) in [5.74, 6) is 0. The molecule has 106 valence electrons. The molecule has 2 rings (SSSR count). The first-order chi connectivity index (χ1) is 8.84. The lowest BCUT2D eigenvalue weighted by Gasteiger charge is -2.27. The molecule has 0 aromatic rings. The second kappa shape index (κ2) is 8.13. The highest BCUT2D eigenvalue weighted by Crippen LogP contribution is 2.17. The molecule has 0 bridgehead atoms. The maximum Gasteiger partial charge on any atom is 0.0701 e. The SMILES string of the molecule is CN(CCCNC1CCCC1)CC1CCCCO1. The largest absolute Gasteiger partial charge is 0.377 e. The first kappa shape index (κ1) is 14.3. The summed E-state index contributed by atoms with van der Waals surface area (Å²) in [4.78, 5) is 2.44. The van der Waals surface area contributed by atoms with Crippen molar-refractivity contribution in [1.29, 1.82) is 0 Å². The maximum atomic E-state index is 5.78. The van der Waals surface area contributed by atoms with Crippen LogP contribution in [-0.2, 0) is 4.74 Å². The number of hydrogen-bond acceptors (Lipinski definition) is 3. The van der Waals surface area contributed by atoms with Crippen LogP contribution in [0.25, 0.3) is 0 Å². The Labute approximate surface area is 112 Å². The van der Waals surface area contributed by atoms with E-state index >= 15 is 0 Å². The number of nitrogens with one attached hydrogen (secondary N) is 1. The molecule has 0 radical (unpaired) electrons. The van der Waals surface area contributed by atoms with Gasteiger partial charge in [0.05, 0.1) is 6.10 Å². The number of likely N-dealkylation sites (N-methyl/N-ethyl adjacent to an activating group) is 1.